The van der Waals surface area contributed by atoms with Crippen LogP contribution in [0.2, 0.25) is 0 Å². The van der Waals surface area contributed by atoms with Crippen LogP contribution in [0.15, 0.2) is 24.4 Å². The lowest BCUT2D eigenvalue weighted by Crippen LogP contribution is -2.44. The van der Waals surface area contributed by atoms with Crippen molar-refractivity contribution in [3.8, 4) is 0 Å². The van der Waals surface area contributed by atoms with Gasteiger partial charge in [0, 0.05) is 17.9 Å². The van der Waals surface area contributed by atoms with Gasteiger partial charge in [0.25, 0.3) is 0 Å². The molecule has 0 aliphatic heterocycles. The molecule has 2 aromatic heterocycles. The van der Waals surface area contributed by atoms with Crippen molar-refractivity contribution >= 4 is 5.65 Å². The van der Waals surface area contributed by atoms with Crippen LogP contribution in [0.5, 0.6) is 0 Å². The number of nitrogens with two attached hydrogens (primary N) is 2. The van der Waals surface area contributed by atoms with Crippen molar-refractivity contribution in [2.45, 2.75) is 43.4 Å². The van der Waals surface area contributed by atoms with Crippen molar-refractivity contribution in [1.82, 2.24) is 9.38 Å². The van der Waals surface area contributed by atoms with Gasteiger partial charge >= 0.3 is 6.18 Å². The lowest BCUT2D eigenvalue weighted by atomic mass is 9.78. The van der Waals surface area contributed by atoms with E-state index in [1.807, 2.05) is 0 Å². The molecule has 0 atom stereocenters. The molecule has 1 aliphatic rings. The lowest BCUT2D eigenvalue weighted by Gasteiger charge is -2.36. The molecule has 114 valence electrons. The topological polar surface area (TPSA) is 69.3 Å². The van der Waals surface area contributed by atoms with Crippen LogP contribution in [-0.2, 0) is 11.7 Å². The highest BCUT2D eigenvalue weighted by Gasteiger charge is 2.37. The number of halogens is 3. The van der Waals surface area contributed by atoms with Crippen LogP contribution >= 0.6 is 0 Å². The molecule has 0 saturated heterocycles. The Hall–Kier alpha value is -1.60. The van der Waals surface area contributed by atoms with Crippen LogP contribution in [-0.4, -0.2) is 15.4 Å². The van der Waals surface area contributed by atoms with Gasteiger partial charge in [0.05, 0.1) is 5.54 Å². The van der Waals surface area contributed by atoms with Gasteiger partial charge in [0.1, 0.15) is 5.65 Å². The van der Waals surface area contributed by atoms with E-state index in [2.05, 4.69) is 4.98 Å². The van der Waals surface area contributed by atoms with E-state index < -0.39 is 17.4 Å². The fourth-order valence-electron chi connectivity index (χ4n) is 2.96. The number of imidazole rings is 1. The van der Waals surface area contributed by atoms with Gasteiger partial charge in [-0.2, -0.15) is 13.2 Å². The van der Waals surface area contributed by atoms with Crippen molar-refractivity contribution in [3.63, 3.8) is 0 Å². The largest absolute Gasteiger partial charge is 0.434 e. The molecule has 7 heteroatoms. The number of rotatable bonds is 1. The molecule has 2 aromatic rings. The van der Waals surface area contributed by atoms with E-state index in [1.165, 1.54) is 4.40 Å². The molecule has 0 spiro atoms. The van der Waals surface area contributed by atoms with Gasteiger partial charge in [0.2, 0.25) is 0 Å². The number of alkyl halides is 3. The fraction of sp³-hybridized carbons (Fsp3) is 0.500. The Balaban J connectivity index is 2.08. The van der Waals surface area contributed by atoms with Gasteiger partial charge < -0.3 is 15.9 Å². The monoisotopic (exact) mass is 298 g/mol. The second-order valence-electron chi connectivity index (χ2n) is 5.76. The van der Waals surface area contributed by atoms with Gasteiger partial charge in [-0.15, -0.1) is 0 Å². The van der Waals surface area contributed by atoms with Gasteiger partial charge in [-0.1, -0.05) is 6.07 Å². The first-order chi connectivity index (χ1) is 9.79. The summed E-state index contributed by atoms with van der Waals surface area (Å²) in [4.78, 5) is 3.64. The van der Waals surface area contributed by atoms with Crippen molar-refractivity contribution in [1.29, 1.82) is 0 Å². The number of nitrogens with zero attached hydrogens (tertiary/aromatic N) is 2. The summed E-state index contributed by atoms with van der Waals surface area (Å²) in [5.41, 5.74) is 11.7. The summed E-state index contributed by atoms with van der Waals surface area (Å²) in [7, 11) is 0. The first kappa shape index (κ1) is 14.3. The van der Waals surface area contributed by atoms with E-state index in [-0.39, 0.29) is 11.7 Å². The summed E-state index contributed by atoms with van der Waals surface area (Å²) in [5, 5.41) is 0. The molecule has 0 amide bonds. The Labute approximate surface area is 119 Å². The predicted octanol–water partition coefficient (Wildman–Crippen LogP) is 2.41. The summed E-state index contributed by atoms with van der Waals surface area (Å²) in [6.07, 6.45) is -0.575. The van der Waals surface area contributed by atoms with E-state index >= 15 is 0 Å². The Kier molecular flexibility index (Phi) is 3.22. The van der Waals surface area contributed by atoms with Crippen molar-refractivity contribution in [3.05, 3.63) is 35.8 Å². The maximum atomic E-state index is 12.8. The highest BCUT2D eigenvalue weighted by molar-refractivity contribution is 5.44. The van der Waals surface area contributed by atoms with E-state index in [9.17, 15) is 13.2 Å². The van der Waals surface area contributed by atoms with Crippen LogP contribution in [0, 0.1) is 0 Å². The summed E-state index contributed by atoms with van der Waals surface area (Å²) in [6, 6.07) is 5.14. The molecule has 2 heterocycles. The van der Waals surface area contributed by atoms with Crippen molar-refractivity contribution in [2.75, 3.05) is 0 Å². The predicted molar refractivity (Wildman–Crippen MR) is 72.5 cm³/mol. The zero-order valence-corrected chi connectivity index (χ0v) is 11.4. The van der Waals surface area contributed by atoms with Crippen molar-refractivity contribution < 1.29 is 13.2 Å². The molecule has 1 fully saturated rings. The number of hydrogen-bond donors (Lipinski definition) is 2. The van der Waals surface area contributed by atoms with Crippen LogP contribution in [0.3, 0.4) is 0 Å². The first-order valence-corrected chi connectivity index (χ1v) is 6.90. The second kappa shape index (κ2) is 4.71. The van der Waals surface area contributed by atoms with Gasteiger partial charge in [-0.05, 0) is 37.8 Å². The van der Waals surface area contributed by atoms with Gasteiger partial charge in [-0.3, -0.25) is 0 Å². The Morgan fingerprint density at radius 3 is 2.52 bits per heavy atom. The number of fused-ring (bicyclic) bond motifs is 1. The van der Waals surface area contributed by atoms with E-state index in [0.29, 0.717) is 18.5 Å². The minimum absolute atomic E-state index is 0.120. The summed E-state index contributed by atoms with van der Waals surface area (Å²) < 4.78 is 39.9. The zero-order valence-electron chi connectivity index (χ0n) is 11.4. The molecule has 21 heavy (non-hydrogen) atoms. The summed E-state index contributed by atoms with van der Waals surface area (Å²) >= 11 is 0. The molecule has 1 aliphatic carbocycles. The Morgan fingerprint density at radius 2 is 1.90 bits per heavy atom. The molecule has 4 nitrogen and oxygen atoms in total. The van der Waals surface area contributed by atoms with Crippen LogP contribution in [0.1, 0.15) is 37.1 Å². The smallest absolute Gasteiger partial charge is 0.328 e. The minimum atomic E-state index is -4.46. The van der Waals surface area contributed by atoms with E-state index in [4.69, 9.17) is 11.5 Å². The highest BCUT2D eigenvalue weighted by Crippen LogP contribution is 2.36. The molecule has 0 unspecified atom stereocenters. The van der Waals surface area contributed by atoms with Crippen LogP contribution < -0.4 is 11.5 Å². The first-order valence-electron chi connectivity index (χ1n) is 6.90. The molecule has 0 bridgehead atoms. The quantitative estimate of drug-likeness (QED) is 0.849. The third kappa shape index (κ3) is 2.51. The van der Waals surface area contributed by atoms with Crippen molar-refractivity contribution in [2.24, 2.45) is 11.5 Å². The number of hydrogen-bond acceptors (Lipinski definition) is 3. The third-order valence-electron chi connectivity index (χ3n) is 4.22. The Morgan fingerprint density at radius 1 is 1.24 bits per heavy atom. The average molecular weight is 298 g/mol. The maximum Gasteiger partial charge on any atom is 0.434 e. The lowest BCUT2D eigenvalue weighted by molar-refractivity contribution is -0.140. The zero-order chi connectivity index (χ0) is 15.3. The average Bonchev–Trinajstić information content (AvgIpc) is 2.86. The van der Waals surface area contributed by atoms with Gasteiger partial charge in [-0.25, -0.2) is 4.98 Å². The summed E-state index contributed by atoms with van der Waals surface area (Å²) in [5.74, 6) is 0. The second-order valence-corrected chi connectivity index (χ2v) is 5.76. The number of pyridine rings is 1. The maximum absolute atomic E-state index is 12.8. The molecule has 1 saturated carbocycles. The number of aromatic nitrogens is 2. The molecular weight excluding hydrogens is 281 g/mol. The minimum Gasteiger partial charge on any atom is -0.328 e. The molecular formula is C14H17F3N4. The fourth-order valence-corrected chi connectivity index (χ4v) is 2.96. The standard InChI is InChI=1S/C14H17F3N4/c15-14(16,17)10-8-21-11(2-1-3-12(21)20-10)13(19)6-4-9(18)5-7-13/h1-3,8-9H,4-7,18-19H2. The summed E-state index contributed by atoms with van der Waals surface area (Å²) in [6.45, 7) is 0. The van der Waals surface area contributed by atoms with Gasteiger partial charge in [0.15, 0.2) is 5.69 Å². The van der Waals surface area contributed by atoms with E-state index in [0.717, 1.165) is 19.0 Å². The third-order valence-corrected chi connectivity index (χ3v) is 4.22. The van der Waals surface area contributed by atoms with E-state index in [1.54, 1.807) is 18.2 Å². The Bertz CT molecular complexity index is 654. The molecule has 4 N–H and O–H groups in total. The highest BCUT2D eigenvalue weighted by atomic mass is 19.4. The normalized spacial score (nSPS) is 27.2. The molecule has 3 rings (SSSR count). The molecule has 0 radical (unpaired) electrons. The molecule has 0 aromatic carbocycles. The SMILES string of the molecule is NC1CCC(N)(c2cccc3nc(C(F)(F)F)cn23)CC1. The van der Waals surface area contributed by atoms with Crippen LogP contribution in [0.4, 0.5) is 13.2 Å². The van der Waals surface area contributed by atoms with Crippen LogP contribution in [0.25, 0.3) is 5.65 Å².